The van der Waals surface area contributed by atoms with Gasteiger partial charge in [-0.2, -0.15) is 0 Å². The lowest BCUT2D eigenvalue weighted by molar-refractivity contribution is -0.121. The SMILES string of the molecule is COc1ccc(OC)c(CCNC(=O)CCc2ccc(-c3ccccc3)o2)c1. The van der Waals surface area contributed by atoms with E-state index in [0.717, 1.165) is 34.1 Å². The highest BCUT2D eigenvalue weighted by molar-refractivity contribution is 5.76. The van der Waals surface area contributed by atoms with Crippen LogP contribution in [0.4, 0.5) is 0 Å². The number of hydrogen-bond donors (Lipinski definition) is 1. The van der Waals surface area contributed by atoms with E-state index in [1.54, 1.807) is 14.2 Å². The lowest BCUT2D eigenvalue weighted by Crippen LogP contribution is -2.25. The van der Waals surface area contributed by atoms with E-state index in [4.69, 9.17) is 13.9 Å². The lowest BCUT2D eigenvalue weighted by Gasteiger charge is -2.11. The summed E-state index contributed by atoms with van der Waals surface area (Å²) in [7, 11) is 3.27. The highest BCUT2D eigenvalue weighted by Gasteiger charge is 2.09. The smallest absolute Gasteiger partial charge is 0.220 e. The molecule has 3 aromatic rings. The van der Waals surface area contributed by atoms with Gasteiger partial charge in [-0.05, 0) is 42.3 Å². The van der Waals surface area contributed by atoms with Crippen LogP contribution < -0.4 is 14.8 Å². The first-order valence-corrected chi connectivity index (χ1v) is 9.31. The standard InChI is InChI=1S/C23H25NO4/c1-26-20-9-11-21(27-2)18(16-20)14-15-24-23(25)13-10-19-8-12-22(28-19)17-6-4-3-5-7-17/h3-9,11-12,16H,10,13-15H2,1-2H3,(H,24,25). The molecule has 28 heavy (non-hydrogen) atoms. The van der Waals surface area contributed by atoms with E-state index < -0.39 is 0 Å². The number of hydrogen-bond acceptors (Lipinski definition) is 4. The van der Waals surface area contributed by atoms with Gasteiger partial charge in [0.25, 0.3) is 0 Å². The molecule has 5 heteroatoms. The summed E-state index contributed by atoms with van der Waals surface area (Å²) in [6.45, 7) is 0.537. The molecule has 0 aliphatic heterocycles. The Morgan fingerprint density at radius 3 is 2.54 bits per heavy atom. The molecule has 0 atom stereocenters. The maximum absolute atomic E-state index is 12.2. The Bertz CT molecular complexity index is 902. The lowest BCUT2D eigenvalue weighted by atomic mass is 10.1. The molecule has 0 radical (unpaired) electrons. The summed E-state index contributed by atoms with van der Waals surface area (Å²) in [5.41, 5.74) is 2.03. The van der Waals surface area contributed by atoms with Crippen molar-refractivity contribution in [3.05, 3.63) is 72.0 Å². The van der Waals surface area contributed by atoms with Crippen molar-refractivity contribution in [3.8, 4) is 22.8 Å². The number of furan rings is 1. The quantitative estimate of drug-likeness (QED) is 0.604. The highest BCUT2D eigenvalue weighted by atomic mass is 16.5. The molecule has 3 rings (SSSR count). The minimum atomic E-state index is -0.000441. The third-order valence-corrected chi connectivity index (χ3v) is 4.52. The van der Waals surface area contributed by atoms with Crippen molar-refractivity contribution in [2.24, 2.45) is 0 Å². The van der Waals surface area contributed by atoms with Crippen LogP contribution in [0.3, 0.4) is 0 Å². The van der Waals surface area contributed by atoms with E-state index in [9.17, 15) is 4.79 Å². The van der Waals surface area contributed by atoms with Crippen molar-refractivity contribution >= 4 is 5.91 Å². The van der Waals surface area contributed by atoms with E-state index in [0.29, 0.717) is 25.8 Å². The first kappa shape index (κ1) is 19.5. The zero-order valence-electron chi connectivity index (χ0n) is 16.2. The summed E-state index contributed by atoms with van der Waals surface area (Å²) in [5, 5.41) is 2.95. The molecule has 1 amide bonds. The van der Waals surface area contributed by atoms with Crippen molar-refractivity contribution in [2.45, 2.75) is 19.3 Å². The van der Waals surface area contributed by atoms with Crippen LogP contribution in [-0.4, -0.2) is 26.7 Å². The Morgan fingerprint density at radius 2 is 1.79 bits per heavy atom. The Hall–Kier alpha value is -3.21. The summed E-state index contributed by atoms with van der Waals surface area (Å²) in [4.78, 5) is 12.2. The van der Waals surface area contributed by atoms with Crippen LogP contribution in [0.5, 0.6) is 11.5 Å². The second-order valence-electron chi connectivity index (χ2n) is 6.41. The van der Waals surface area contributed by atoms with Crippen LogP contribution in [-0.2, 0) is 17.6 Å². The number of nitrogens with one attached hydrogen (secondary N) is 1. The number of benzene rings is 2. The summed E-state index contributed by atoms with van der Waals surface area (Å²) < 4.78 is 16.5. The van der Waals surface area contributed by atoms with Gasteiger partial charge < -0.3 is 19.2 Å². The zero-order valence-corrected chi connectivity index (χ0v) is 16.2. The molecular formula is C23H25NO4. The molecule has 1 aromatic heterocycles. The molecule has 1 N–H and O–H groups in total. The topological polar surface area (TPSA) is 60.7 Å². The van der Waals surface area contributed by atoms with Crippen molar-refractivity contribution in [2.75, 3.05) is 20.8 Å². The molecule has 1 heterocycles. The Morgan fingerprint density at radius 1 is 0.964 bits per heavy atom. The fourth-order valence-corrected chi connectivity index (χ4v) is 3.01. The molecule has 2 aromatic carbocycles. The fraction of sp³-hybridized carbons (Fsp3) is 0.261. The molecular weight excluding hydrogens is 354 g/mol. The van der Waals surface area contributed by atoms with Gasteiger partial charge >= 0.3 is 0 Å². The van der Waals surface area contributed by atoms with Crippen molar-refractivity contribution in [1.29, 1.82) is 0 Å². The molecule has 0 saturated heterocycles. The van der Waals surface area contributed by atoms with Gasteiger partial charge in [-0.1, -0.05) is 30.3 Å². The molecule has 5 nitrogen and oxygen atoms in total. The van der Waals surface area contributed by atoms with E-state index in [-0.39, 0.29) is 5.91 Å². The molecule has 0 saturated carbocycles. The number of amides is 1. The van der Waals surface area contributed by atoms with Crippen molar-refractivity contribution < 1.29 is 18.7 Å². The first-order valence-electron chi connectivity index (χ1n) is 9.31. The van der Waals surface area contributed by atoms with E-state index in [2.05, 4.69) is 5.32 Å². The summed E-state index contributed by atoms with van der Waals surface area (Å²) >= 11 is 0. The average Bonchev–Trinajstić information content (AvgIpc) is 3.22. The van der Waals surface area contributed by atoms with Gasteiger partial charge in [0.05, 0.1) is 14.2 Å². The summed E-state index contributed by atoms with van der Waals surface area (Å²) in [6.07, 6.45) is 1.63. The third kappa shape index (κ3) is 5.16. The largest absolute Gasteiger partial charge is 0.497 e. The van der Waals surface area contributed by atoms with Gasteiger partial charge in [-0.15, -0.1) is 0 Å². The molecule has 0 fully saturated rings. The normalized spacial score (nSPS) is 10.5. The minimum absolute atomic E-state index is 0.000441. The average molecular weight is 379 g/mol. The van der Waals surface area contributed by atoms with Crippen molar-refractivity contribution in [1.82, 2.24) is 5.32 Å². The number of rotatable bonds is 9. The monoisotopic (exact) mass is 379 g/mol. The van der Waals surface area contributed by atoms with Crippen molar-refractivity contribution in [3.63, 3.8) is 0 Å². The predicted molar refractivity (Wildman–Crippen MR) is 109 cm³/mol. The maximum atomic E-state index is 12.2. The van der Waals surface area contributed by atoms with Gasteiger partial charge in [-0.25, -0.2) is 0 Å². The number of carbonyl (C=O) groups excluding carboxylic acids is 1. The fourth-order valence-electron chi connectivity index (χ4n) is 3.01. The van der Waals surface area contributed by atoms with E-state index in [1.165, 1.54) is 0 Å². The van der Waals surface area contributed by atoms with Gasteiger partial charge in [0.15, 0.2) is 0 Å². The van der Waals surface area contributed by atoms with Gasteiger partial charge in [-0.3, -0.25) is 4.79 Å². The second kappa shape index (κ2) is 9.65. The molecule has 0 bridgehead atoms. The third-order valence-electron chi connectivity index (χ3n) is 4.52. The van der Waals surface area contributed by atoms with Gasteiger partial charge in [0.2, 0.25) is 5.91 Å². The summed E-state index contributed by atoms with van der Waals surface area (Å²) in [6, 6.07) is 19.5. The Kier molecular flexibility index (Phi) is 6.73. The van der Waals surface area contributed by atoms with Crippen LogP contribution in [0.1, 0.15) is 17.7 Å². The summed E-state index contributed by atoms with van der Waals surface area (Å²) in [5.74, 6) is 3.19. The van der Waals surface area contributed by atoms with Crippen LogP contribution in [0.25, 0.3) is 11.3 Å². The molecule has 146 valence electrons. The number of aryl methyl sites for hydroxylation is 1. The highest BCUT2D eigenvalue weighted by Crippen LogP contribution is 2.24. The first-order chi connectivity index (χ1) is 13.7. The zero-order chi connectivity index (χ0) is 19.8. The van der Waals surface area contributed by atoms with Gasteiger partial charge in [0, 0.05) is 24.9 Å². The van der Waals surface area contributed by atoms with Crippen LogP contribution in [0.2, 0.25) is 0 Å². The predicted octanol–water partition coefficient (Wildman–Crippen LogP) is 4.26. The number of carbonyl (C=O) groups is 1. The molecule has 0 unspecified atom stereocenters. The van der Waals surface area contributed by atoms with Crippen LogP contribution >= 0.6 is 0 Å². The molecule has 0 aliphatic rings. The van der Waals surface area contributed by atoms with E-state index >= 15 is 0 Å². The maximum Gasteiger partial charge on any atom is 0.220 e. The van der Waals surface area contributed by atoms with Crippen LogP contribution in [0, 0.1) is 0 Å². The second-order valence-corrected chi connectivity index (χ2v) is 6.41. The van der Waals surface area contributed by atoms with Gasteiger partial charge in [0.1, 0.15) is 23.0 Å². The minimum Gasteiger partial charge on any atom is -0.497 e. The molecule has 0 aliphatic carbocycles. The Labute approximate surface area is 165 Å². The number of methoxy groups -OCH3 is 2. The number of ether oxygens (including phenoxy) is 2. The van der Waals surface area contributed by atoms with E-state index in [1.807, 2.05) is 60.7 Å². The Balaban J connectivity index is 1.46. The van der Waals surface area contributed by atoms with Crippen LogP contribution in [0.15, 0.2) is 65.1 Å². The molecule has 0 spiro atoms.